The van der Waals surface area contributed by atoms with E-state index in [-0.39, 0.29) is 11.9 Å². The topological polar surface area (TPSA) is 75.1 Å². The van der Waals surface area contributed by atoms with Gasteiger partial charge in [-0.1, -0.05) is 20.3 Å². The van der Waals surface area contributed by atoms with Gasteiger partial charge in [0.15, 0.2) is 0 Å². The van der Waals surface area contributed by atoms with Gasteiger partial charge in [0.1, 0.15) is 17.5 Å². The average molecular weight is 435 g/mol. The lowest BCUT2D eigenvalue weighted by Gasteiger charge is -2.36. The van der Waals surface area contributed by atoms with Crippen molar-refractivity contribution in [2.75, 3.05) is 18.0 Å². The number of hydrogen-bond donors (Lipinski definition) is 0. The largest absolute Gasteiger partial charge is 0.296 e. The van der Waals surface area contributed by atoms with Crippen molar-refractivity contribution in [3.63, 3.8) is 0 Å². The number of piperidine rings is 1. The lowest BCUT2D eigenvalue weighted by atomic mass is 9.99. The molecule has 7 nitrogen and oxygen atoms in total. The van der Waals surface area contributed by atoms with Gasteiger partial charge in [-0.25, -0.2) is 19.9 Å². The van der Waals surface area contributed by atoms with E-state index in [1.54, 1.807) is 0 Å². The van der Waals surface area contributed by atoms with E-state index in [1.807, 2.05) is 17.3 Å². The number of carbonyl (C=O) groups excluding carboxylic acids is 1. The van der Waals surface area contributed by atoms with Crippen LogP contribution in [0.15, 0.2) is 12.4 Å². The minimum Gasteiger partial charge on any atom is -0.296 e. The fourth-order valence-electron chi connectivity index (χ4n) is 4.95. The van der Waals surface area contributed by atoms with E-state index in [0.29, 0.717) is 18.3 Å². The smallest absolute Gasteiger partial charge is 0.228 e. The second kappa shape index (κ2) is 8.85. The Balaban J connectivity index is 1.42. The second-order valence-corrected chi connectivity index (χ2v) is 10.0. The van der Waals surface area contributed by atoms with E-state index in [4.69, 9.17) is 9.97 Å². The molecule has 3 aliphatic rings. The molecule has 2 aromatic rings. The Morgan fingerprint density at radius 3 is 2.56 bits per heavy atom. The molecule has 1 atom stereocenters. The Hall–Kier alpha value is -2.41. The Morgan fingerprint density at radius 2 is 1.84 bits per heavy atom. The van der Waals surface area contributed by atoms with Crippen molar-refractivity contribution in [2.45, 2.75) is 84.2 Å². The highest BCUT2D eigenvalue weighted by atomic mass is 16.2. The number of rotatable bonds is 6. The quantitative estimate of drug-likeness (QED) is 0.681. The van der Waals surface area contributed by atoms with Crippen molar-refractivity contribution in [2.24, 2.45) is 5.92 Å². The van der Waals surface area contributed by atoms with Gasteiger partial charge in [-0.3, -0.25) is 14.6 Å². The van der Waals surface area contributed by atoms with Gasteiger partial charge in [-0.2, -0.15) is 0 Å². The highest BCUT2D eigenvalue weighted by Gasteiger charge is 2.35. The lowest BCUT2D eigenvalue weighted by molar-refractivity contribution is -0.119. The van der Waals surface area contributed by atoms with Gasteiger partial charge in [0.2, 0.25) is 5.91 Å². The molecule has 0 N–H and O–H groups in total. The summed E-state index contributed by atoms with van der Waals surface area (Å²) in [4.78, 5) is 36.3. The Labute approximate surface area is 190 Å². The number of likely N-dealkylation sites (tertiary alicyclic amines) is 1. The summed E-state index contributed by atoms with van der Waals surface area (Å²) >= 11 is 0. The van der Waals surface area contributed by atoms with Crippen molar-refractivity contribution in [3.05, 3.63) is 40.9 Å². The molecule has 32 heavy (non-hydrogen) atoms. The van der Waals surface area contributed by atoms with Gasteiger partial charge < -0.3 is 0 Å². The summed E-state index contributed by atoms with van der Waals surface area (Å²) < 4.78 is 0. The maximum absolute atomic E-state index is 12.7. The van der Waals surface area contributed by atoms with Crippen molar-refractivity contribution in [1.82, 2.24) is 24.8 Å². The molecule has 7 heteroatoms. The number of nitrogens with zero attached hydrogens (tertiary/aromatic N) is 6. The summed E-state index contributed by atoms with van der Waals surface area (Å²) in [6.07, 6.45) is 11.1. The van der Waals surface area contributed by atoms with E-state index >= 15 is 0 Å². The first kappa shape index (κ1) is 21.4. The number of aryl methyl sites for hydroxylation is 1. The van der Waals surface area contributed by atoms with Crippen LogP contribution in [-0.2, 0) is 17.8 Å². The normalized spacial score (nSPS) is 21.8. The first-order valence-corrected chi connectivity index (χ1v) is 12.2. The van der Waals surface area contributed by atoms with Crippen LogP contribution in [0.25, 0.3) is 0 Å². The monoisotopic (exact) mass is 434 g/mol. The second-order valence-electron chi connectivity index (χ2n) is 10.0. The predicted molar refractivity (Wildman–Crippen MR) is 123 cm³/mol. The zero-order chi connectivity index (χ0) is 22.2. The van der Waals surface area contributed by atoms with E-state index < -0.39 is 0 Å². The third-order valence-corrected chi connectivity index (χ3v) is 7.03. The predicted octanol–water partition coefficient (Wildman–Crippen LogP) is 4.11. The van der Waals surface area contributed by atoms with Crippen LogP contribution in [-0.4, -0.2) is 43.8 Å². The summed E-state index contributed by atoms with van der Waals surface area (Å²) in [5.41, 5.74) is 3.32. The third kappa shape index (κ3) is 4.40. The molecule has 170 valence electrons. The van der Waals surface area contributed by atoms with Gasteiger partial charge in [-0.05, 0) is 51.5 Å². The minimum atomic E-state index is 0.164. The lowest BCUT2D eigenvalue weighted by Crippen LogP contribution is -2.39. The molecular weight excluding hydrogens is 400 g/mol. The summed E-state index contributed by atoms with van der Waals surface area (Å²) in [5.74, 6) is 3.83. The summed E-state index contributed by atoms with van der Waals surface area (Å²) in [5, 5.41) is 0. The molecule has 1 saturated heterocycles. The zero-order valence-electron chi connectivity index (χ0n) is 19.5. The van der Waals surface area contributed by atoms with Crippen LogP contribution in [0.1, 0.15) is 92.8 Å². The van der Waals surface area contributed by atoms with Crippen LogP contribution >= 0.6 is 0 Å². The van der Waals surface area contributed by atoms with Gasteiger partial charge in [0, 0.05) is 54.6 Å². The van der Waals surface area contributed by atoms with Gasteiger partial charge >= 0.3 is 0 Å². The average Bonchev–Trinajstić information content (AvgIpc) is 3.61. The number of anilines is 1. The maximum atomic E-state index is 12.7. The molecule has 1 amide bonds. The van der Waals surface area contributed by atoms with Crippen LogP contribution < -0.4 is 4.90 Å². The number of fused-ring (bicyclic) bond motifs is 1. The molecule has 2 fully saturated rings. The third-order valence-electron chi connectivity index (χ3n) is 7.03. The van der Waals surface area contributed by atoms with Crippen molar-refractivity contribution < 1.29 is 4.79 Å². The first-order valence-electron chi connectivity index (χ1n) is 12.2. The molecule has 2 aromatic heterocycles. The van der Waals surface area contributed by atoms with Crippen LogP contribution in [0.4, 0.5) is 5.82 Å². The van der Waals surface area contributed by atoms with Crippen molar-refractivity contribution >= 4 is 11.7 Å². The Bertz CT molecular complexity index is 985. The van der Waals surface area contributed by atoms with E-state index in [2.05, 4.69) is 35.6 Å². The number of carbonyl (C=O) groups is 1. The van der Waals surface area contributed by atoms with Crippen LogP contribution in [0.2, 0.25) is 0 Å². The summed E-state index contributed by atoms with van der Waals surface area (Å²) in [6.45, 7) is 8.94. The minimum absolute atomic E-state index is 0.164. The van der Waals surface area contributed by atoms with Crippen molar-refractivity contribution in [1.29, 1.82) is 0 Å². The molecule has 0 spiro atoms. The first-order chi connectivity index (χ1) is 15.5. The van der Waals surface area contributed by atoms with E-state index in [9.17, 15) is 4.79 Å². The van der Waals surface area contributed by atoms with Gasteiger partial charge in [0.05, 0.1) is 6.04 Å². The van der Waals surface area contributed by atoms with E-state index in [0.717, 1.165) is 66.8 Å². The molecule has 0 aromatic carbocycles. The SMILES string of the molecule is Cc1nc([C@@H]2CCCCN2Cc2cnc(C(C)C)nc2)nc2c1CCC(=O)N2CC1CC1. The molecule has 2 aliphatic heterocycles. The zero-order valence-corrected chi connectivity index (χ0v) is 19.5. The highest BCUT2D eigenvalue weighted by molar-refractivity contribution is 5.95. The number of aromatic nitrogens is 4. The fraction of sp³-hybridized carbons (Fsp3) is 0.640. The van der Waals surface area contributed by atoms with Gasteiger partial charge in [0.25, 0.3) is 0 Å². The van der Waals surface area contributed by atoms with Crippen LogP contribution in [0.5, 0.6) is 0 Å². The maximum Gasteiger partial charge on any atom is 0.228 e. The molecule has 4 heterocycles. The molecule has 0 unspecified atom stereocenters. The Kier molecular flexibility index (Phi) is 5.93. The fourth-order valence-corrected chi connectivity index (χ4v) is 4.95. The molecule has 5 rings (SSSR count). The highest BCUT2D eigenvalue weighted by Crippen LogP contribution is 2.37. The molecule has 0 radical (unpaired) electrons. The summed E-state index contributed by atoms with van der Waals surface area (Å²) in [6, 6.07) is 0.164. The van der Waals surface area contributed by atoms with Crippen LogP contribution in [0.3, 0.4) is 0 Å². The molecule has 1 saturated carbocycles. The molecular formula is C25H34N6O. The standard InChI is InChI=1S/C25H34N6O/c1-16(2)23-26-12-19(13-27-23)14-30-11-5-4-6-21(30)24-28-17(3)20-9-10-22(32)31(25(20)29-24)15-18-7-8-18/h12-13,16,18,21H,4-11,14-15H2,1-3H3/t21-/m0/s1. The van der Waals surface area contributed by atoms with E-state index in [1.165, 1.54) is 25.7 Å². The molecule has 0 bridgehead atoms. The Morgan fingerprint density at radius 1 is 1.06 bits per heavy atom. The number of amides is 1. The number of hydrogen-bond acceptors (Lipinski definition) is 6. The van der Waals surface area contributed by atoms with Crippen LogP contribution in [0, 0.1) is 12.8 Å². The molecule has 1 aliphatic carbocycles. The van der Waals surface area contributed by atoms with Crippen molar-refractivity contribution in [3.8, 4) is 0 Å². The van der Waals surface area contributed by atoms with Gasteiger partial charge in [-0.15, -0.1) is 0 Å². The summed E-state index contributed by atoms with van der Waals surface area (Å²) in [7, 11) is 0.